The van der Waals surface area contributed by atoms with Crippen LogP contribution in [0, 0.1) is 11.8 Å². The summed E-state index contributed by atoms with van der Waals surface area (Å²) >= 11 is 0. The Kier molecular flexibility index (Phi) is 4.43. The molecule has 1 amide bonds. The average molecular weight is 286 g/mol. The number of nitrogens with one attached hydrogen (secondary N) is 2. The van der Waals surface area contributed by atoms with Gasteiger partial charge in [0, 0.05) is 24.7 Å². The number of fused-ring (bicyclic) bond motifs is 1. The third kappa shape index (κ3) is 4.80. The van der Waals surface area contributed by atoms with Crippen LogP contribution >= 0.6 is 0 Å². The Labute approximate surface area is 123 Å². The third-order valence-corrected chi connectivity index (χ3v) is 2.44. The molecular weight excluding hydrogens is 268 g/mol. The molecular formula is C15H18N4O2. The van der Waals surface area contributed by atoms with E-state index in [0.29, 0.717) is 13.0 Å². The van der Waals surface area contributed by atoms with E-state index in [9.17, 15) is 4.79 Å². The third-order valence-electron chi connectivity index (χ3n) is 2.44. The molecule has 0 atom stereocenters. The highest BCUT2D eigenvalue weighted by atomic mass is 16.6. The minimum atomic E-state index is -0.485. The Morgan fingerprint density at radius 3 is 3.00 bits per heavy atom. The van der Waals surface area contributed by atoms with Crippen LogP contribution in [0.2, 0.25) is 0 Å². The van der Waals surface area contributed by atoms with Gasteiger partial charge < -0.3 is 10.1 Å². The number of aromatic amines is 1. The summed E-state index contributed by atoms with van der Waals surface area (Å²) in [5, 5.41) is 9.40. The van der Waals surface area contributed by atoms with Crippen LogP contribution in [0.1, 0.15) is 32.8 Å². The molecule has 0 aliphatic heterocycles. The van der Waals surface area contributed by atoms with Gasteiger partial charge in [-0.2, -0.15) is 5.10 Å². The molecule has 6 nitrogen and oxygen atoms in total. The van der Waals surface area contributed by atoms with Crippen LogP contribution in [0.3, 0.4) is 0 Å². The second kappa shape index (κ2) is 6.27. The lowest BCUT2D eigenvalue weighted by Crippen LogP contribution is -2.32. The maximum Gasteiger partial charge on any atom is 0.407 e. The zero-order valence-electron chi connectivity index (χ0n) is 12.4. The predicted octanol–water partition coefficient (Wildman–Crippen LogP) is 2.22. The van der Waals surface area contributed by atoms with Gasteiger partial charge in [0.25, 0.3) is 0 Å². The maximum absolute atomic E-state index is 11.4. The highest BCUT2D eigenvalue weighted by Gasteiger charge is 2.15. The average Bonchev–Trinajstić information content (AvgIpc) is 2.83. The summed E-state index contributed by atoms with van der Waals surface area (Å²) in [6.45, 7) is 5.92. The largest absolute Gasteiger partial charge is 0.444 e. The van der Waals surface area contributed by atoms with Crippen LogP contribution in [-0.4, -0.2) is 33.4 Å². The van der Waals surface area contributed by atoms with E-state index in [2.05, 4.69) is 32.3 Å². The molecule has 0 aliphatic carbocycles. The summed E-state index contributed by atoms with van der Waals surface area (Å²) in [6.07, 6.45) is 3.48. The van der Waals surface area contributed by atoms with Crippen molar-refractivity contribution in [3.63, 3.8) is 0 Å². The molecule has 2 heterocycles. The molecule has 0 radical (unpaired) electrons. The topological polar surface area (TPSA) is 79.9 Å². The van der Waals surface area contributed by atoms with Crippen molar-refractivity contribution in [1.82, 2.24) is 20.5 Å². The first kappa shape index (κ1) is 14.9. The number of hydrogen-bond acceptors (Lipinski definition) is 4. The predicted molar refractivity (Wildman–Crippen MR) is 79.6 cm³/mol. The van der Waals surface area contributed by atoms with E-state index in [1.807, 2.05) is 26.8 Å². The van der Waals surface area contributed by atoms with Gasteiger partial charge in [0.1, 0.15) is 11.1 Å². The van der Waals surface area contributed by atoms with Gasteiger partial charge in [-0.05, 0) is 26.8 Å². The zero-order valence-corrected chi connectivity index (χ0v) is 12.4. The van der Waals surface area contributed by atoms with Crippen molar-refractivity contribution in [1.29, 1.82) is 0 Å². The van der Waals surface area contributed by atoms with E-state index in [-0.39, 0.29) is 0 Å². The molecule has 6 heteroatoms. The number of pyridine rings is 1. The summed E-state index contributed by atoms with van der Waals surface area (Å²) in [5.74, 6) is 5.98. The number of hydrogen-bond donors (Lipinski definition) is 2. The Balaban J connectivity index is 1.80. The Bertz CT molecular complexity index is 689. The lowest BCUT2D eigenvalue weighted by atomic mass is 10.2. The number of ether oxygens (including phenoxy) is 1. The molecule has 0 aliphatic rings. The molecule has 0 spiro atoms. The molecule has 21 heavy (non-hydrogen) atoms. The van der Waals surface area contributed by atoms with E-state index in [1.54, 1.807) is 12.4 Å². The lowest BCUT2D eigenvalue weighted by Gasteiger charge is -2.19. The van der Waals surface area contributed by atoms with Crippen molar-refractivity contribution >= 4 is 17.1 Å². The molecule has 0 aromatic carbocycles. The number of rotatable bonds is 2. The second-order valence-corrected chi connectivity index (χ2v) is 5.51. The molecule has 0 fully saturated rings. The summed E-state index contributed by atoms with van der Waals surface area (Å²) in [7, 11) is 0. The van der Waals surface area contributed by atoms with Gasteiger partial charge in [0.15, 0.2) is 0 Å². The van der Waals surface area contributed by atoms with Gasteiger partial charge in [-0.3, -0.25) is 10.1 Å². The van der Waals surface area contributed by atoms with Gasteiger partial charge in [-0.15, -0.1) is 0 Å². The smallest absolute Gasteiger partial charge is 0.407 e. The van der Waals surface area contributed by atoms with Crippen LogP contribution in [0.4, 0.5) is 4.79 Å². The Hall–Kier alpha value is -2.55. The van der Waals surface area contributed by atoms with Crippen molar-refractivity contribution in [2.75, 3.05) is 6.54 Å². The molecule has 0 saturated carbocycles. The van der Waals surface area contributed by atoms with E-state index in [0.717, 1.165) is 16.6 Å². The minimum absolute atomic E-state index is 0.426. The number of amides is 1. The van der Waals surface area contributed by atoms with E-state index >= 15 is 0 Å². The monoisotopic (exact) mass is 286 g/mol. The first-order valence-corrected chi connectivity index (χ1v) is 6.69. The van der Waals surface area contributed by atoms with Gasteiger partial charge in [0.2, 0.25) is 0 Å². The molecule has 0 saturated heterocycles. The van der Waals surface area contributed by atoms with Crippen LogP contribution in [0.5, 0.6) is 0 Å². The summed E-state index contributed by atoms with van der Waals surface area (Å²) in [6, 6.07) is 1.89. The van der Waals surface area contributed by atoms with Crippen molar-refractivity contribution < 1.29 is 9.53 Å². The van der Waals surface area contributed by atoms with Crippen LogP contribution in [0.15, 0.2) is 18.5 Å². The summed E-state index contributed by atoms with van der Waals surface area (Å²) in [4.78, 5) is 15.6. The number of alkyl carbamates (subject to hydrolysis) is 1. The van der Waals surface area contributed by atoms with Crippen molar-refractivity contribution in [3.8, 4) is 11.8 Å². The number of carbonyl (C=O) groups excluding carboxylic acids is 1. The normalized spacial score (nSPS) is 10.8. The molecule has 2 rings (SSSR count). The highest BCUT2D eigenvalue weighted by Crippen LogP contribution is 2.08. The fraction of sp³-hybridized carbons (Fsp3) is 0.400. The van der Waals surface area contributed by atoms with Gasteiger partial charge in [-0.25, -0.2) is 4.79 Å². The van der Waals surface area contributed by atoms with E-state index in [1.165, 1.54) is 0 Å². The quantitative estimate of drug-likeness (QED) is 0.655. The van der Waals surface area contributed by atoms with E-state index in [4.69, 9.17) is 4.74 Å². The number of carbonyl (C=O) groups is 1. The van der Waals surface area contributed by atoms with Gasteiger partial charge in [-0.1, -0.05) is 11.8 Å². The molecule has 2 aromatic rings. The standard InChI is InChI=1S/C15H18N4O2/c1-15(2,3)21-14(20)16-7-5-4-6-11-8-12-13(17-9-11)10-18-19-12/h8-10H,5,7H2,1-3H3,(H,16,20)(H,18,19). The van der Waals surface area contributed by atoms with Crippen molar-refractivity contribution in [2.45, 2.75) is 32.8 Å². The van der Waals surface area contributed by atoms with Gasteiger partial charge >= 0.3 is 6.09 Å². The maximum atomic E-state index is 11.4. The summed E-state index contributed by atoms with van der Waals surface area (Å²) in [5.41, 5.74) is 1.99. The molecule has 2 N–H and O–H groups in total. The number of nitrogens with zero attached hydrogens (tertiary/aromatic N) is 2. The second-order valence-electron chi connectivity index (χ2n) is 5.51. The first-order valence-electron chi connectivity index (χ1n) is 6.69. The van der Waals surface area contributed by atoms with Crippen molar-refractivity contribution in [3.05, 3.63) is 24.0 Å². The lowest BCUT2D eigenvalue weighted by molar-refractivity contribution is 0.0529. The SMILES string of the molecule is CC(C)(C)OC(=O)NCCC#Cc1cnc2cn[nH]c2c1. The number of H-pyrrole nitrogens is 1. The Morgan fingerprint density at radius 2 is 2.24 bits per heavy atom. The molecule has 0 unspecified atom stereocenters. The molecule has 2 aromatic heterocycles. The molecule has 0 bridgehead atoms. The van der Waals surface area contributed by atoms with Gasteiger partial charge in [0.05, 0.1) is 11.7 Å². The van der Waals surface area contributed by atoms with Crippen LogP contribution < -0.4 is 5.32 Å². The van der Waals surface area contributed by atoms with Crippen LogP contribution in [0.25, 0.3) is 11.0 Å². The zero-order chi connectivity index (χ0) is 15.3. The number of aromatic nitrogens is 3. The van der Waals surface area contributed by atoms with Crippen molar-refractivity contribution in [2.24, 2.45) is 0 Å². The van der Waals surface area contributed by atoms with Crippen LogP contribution in [-0.2, 0) is 4.74 Å². The first-order chi connectivity index (χ1) is 9.94. The highest BCUT2D eigenvalue weighted by molar-refractivity contribution is 5.74. The fourth-order valence-electron chi connectivity index (χ4n) is 1.60. The fourth-order valence-corrected chi connectivity index (χ4v) is 1.60. The minimum Gasteiger partial charge on any atom is -0.444 e. The summed E-state index contributed by atoms with van der Waals surface area (Å²) < 4.78 is 5.12. The van der Waals surface area contributed by atoms with E-state index < -0.39 is 11.7 Å². The Morgan fingerprint density at radius 1 is 1.43 bits per heavy atom. The molecule has 110 valence electrons.